The molecule has 0 fully saturated rings. The molecule has 0 atom stereocenters. The first-order valence-electron chi connectivity index (χ1n) is 6.26. The van der Waals surface area contributed by atoms with Gasteiger partial charge in [0.25, 0.3) is 5.91 Å². The number of fused-ring (bicyclic) bond motifs is 1. The van der Waals surface area contributed by atoms with Gasteiger partial charge in [-0.15, -0.1) is 11.3 Å². The first-order valence-corrected chi connectivity index (χ1v) is 7.52. The predicted octanol–water partition coefficient (Wildman–Crippen LogP) is 3.17. The molecule has 1 aromatic carbocycles. The van der Waals surface area contributed by atoms with Crippen LogP contribution in [-0.4, -0.2) is 10.9 Å². The summed E-state index contributed by atoms with van der Waals surface area (Å²) in [6.45, 7) is 0.344. The van der Waals surface area contributed by atoms with Crippen molar-refractivity contribution in [2.45, 2.75) is 6.54 Å². The van der Waals surface area contributed by atoms with Gasteiger partial charge in [-0.05, 0) is 29.1 Å². The molecule has 1 amide bonds. The van der Waals surface area contributed by atoms with E-state index >= 15 is 0 Å². The van der Waals surface area contributed by atoms with Crippen LogP contribution in [0.4, 0.5) is 0 Å². The molecule has 2 heterocycles. The minimum Gasteiger partial charge on any atom is -0.352 e. The van der Waals surface area contributed by atoms with Gasteiger partial charge < -0.3 is 10.3 Å². The van der Waals surface area contributed by atoms with Crippen LogP contribution in [0.15, 0.2) is 46.7 Å². The van der Waals surface area contributed by atoms with Crippen molar-refractivity contribution in [1.29, 1.82) is 0 Å². The number of nitrogens with one attached hydrogen (secondary N) is 2. The lowest BCUT2D eigenvalue weighted by Crippen LogP contribution is -2.28. The van der Waals surface area contributed by atoms with Gasteiger partial charge in [-0.25, -0.2) is 0 Å². The van der Waals surface area contributed by atoms with Crippen molar-refractivity contribution < 1.29 is 4.79 Å². The molecule has 106 valence electrons. The SMILES string of the molecule is O=C(NCc1ccc(Cl)cc1)c1c[nH]c2sccc2c1=O. The highest BCUT2D eigenvalue weighted by atomic mass is 35.5. The van der Waals surface area contributed by atoms with E-state index in [0.717, 1.165) is 10.4 Å². The Morgan fingerprint density at radius 2 is 2.00 bits per heavy atom. The standard InChI is InChI=1S/C15H11ClN2O2S/c16-10-3-1-9(2-4-10)7-17-14(20)12-8-18-15-11(13(12)19)5-6-21-15/h1-6,8H,7H2,(H,17,20)(H,18,19). The zero-order valence-corrected chi connectivity index (χ0v) is 12.4. The van der Waals surface area contributed by atoms with Crippen LogP contribution in [0.25, 0.3) is 10.2 Å². The molecule has 0 aliphatic rings. The molecule has 0 unspecified atom stereocenters. The van der Waals surface area contributed by atoms with E-state index in [4.69, 9.17) is 11.6 Å². The Kier molecular flexibility index (Phi) is 3.77. The van der Waals surface area contributed by atoms with E-state index in [9.17, 15) is 9.59 Å². The Labute approximate surface area is 129 Å². The van der Waals surface area contributed by atoms with Crippen LogP contribution in [0.2, 0.25) is 5.02 Å². The van der Waals surface area contributed by atoms with Gasteiger partial charge in [-0.2, -0.15) is 0 Å². The highest BCUT2D eigenvalue weighted by molar-refractivity contribution is 7.16. The summed E-state index contributed by atoms with van der Waals surface area (Å²) in [4.78, 5) is 28.1. The lowest BCUT2D eigenvalue weighted by Gasteiger charge is -2.05. The van der Waals surface area contributed by atoms with Crippen LogP contribution in [0.5, 0.6) is 0 Å². The van der Waals surface area contributed by atoms with Crippen molar-refractivity contribution >= 4 is 39.1 Å². The van der Waals surface area contributed by atoms with Crippen LogP contribution in [-0.2, 0) is 6.54 Å². The van der Waals surface area contributed by atoms with Gasteiger partial charge in [-0.1, -0.05) is 23.7 Å². The second kappa shape index (κ2) is 5.71. The lowest BCUT2D eigenvalue weighted by atomic mass is 10.2. The van der Waals surface area contributed by atoms with E-state index < -0.39 is 0 Å². The maximum Gasteiger partial charge on any atom is 0.257 e. The Bertz CT molecular complexity index is 852. The van der Waals surface area contributed by atoms with E-state index in [2.05, 4.69) is 10.3 Å². The second-order valence-corrected chi connectivity index (χ2v) is 5.86. The van der Waals surface area contributed by atoms with Crippen molar-refractivity contribution in [3.63, 3.8) is 0 Å². The molecule has 3 rings (SSSR count). The number of hydrogen-bond acceptors (Lipinski definition) is 3. The number of rotatable bonds is 3. The fourth-order valence-corrected chi connectivity index (χ4v) is 2.88. The van der Waals surface area contributed by atoms with Gasteiger partial charge in [0.05, 0.1) is 5.39 Å². The molecule has 0 aliphatic carbocycles. The minimum atomic E-state index is -0.390. The van der Waals surface area contributed by atoms with Gasteiger partial charge in [0.1, 0.15) is 10.4 Å². The van der Waals surface area contributed by atoms with Crippen molar-refractivity contribution in [1.82, 2.24) is 10.3 Å². The van der Waals surface area contributed by atoms with Crippen molar-refractivity contribution in [3.8, 4) is 0 Å². The summed E-state index contributed by atoms with van der Waals surface area (Å²) < 4.78 is 0. The highest BCUT2D eigenvalue weighted by Crippen LogP contribution is 2.14. The summed E-state index contributed by atoms with van der Waals surface area (Å²) >= 11 is 7.24. The number of benzene rings is 1. The van der Waals surface area contributed by atoms with E-state index in [1.165, 1.54) is 17.5 Å². The number of carbonyl (C=O) groups is 1. The molecule has 2 aromatic heterocycles. The summed E-state index contributed by atoms with van der Waals surface area (Å²) in [5.41, 5.74) is 0.786. The smallest absolute Gasteiger partial charge is 0.257 e. The van der Waals surface area contributed by atoms with Crippen molar-refractivity contribution in [2.24, 2.45) is 0 Å². The number of aromatic amines is 1. The van der Waals surface area contributed by atoms with Crippen LogP contribution in [0, 0.1) is 0 Å². The number of H-pyrrole nitrogens is 1. The maximum absolute atomic E-state index is 12.2. The van der Waals surface area contributed by atoms with Gasteiger partial charge in [-0.3, -0.25) is 9.59 Å². The van der Waals surface area contributed by atoms with Crippen LogP contribution in [0.3, 0.4) is 0 Å². The molecule has 3 aromatic rings. The van der Waals surface area contributed by atoms with Crippen LogP contribution >= 0.6 is 22.9 Å². The number of amides is 1. The molecule has 0 bridgehead atoms. The molecule has 0 spiro atoms. The Morgan fingerprint density at radius 1 is 1.24 bits per heavy atom. The third-order valence-electron chi connectivity index (χ3n) is 3.11. The molecule has 2 N–H and O–H groups in total. The number of halogens is 1. The minimum absolute atomic E-state index is 0.120. The third-order valence-corrected chi connectivity index (χ3v) is 4.21. The number of carbonyl (C=O) groups excluding carboxylic acids is 1. The molecule has 0 saturated heterocycles. The Morgan fingerprint density at radius 3 is 2.76 bits per heavy atom. The van der Waals surface area contributed by atoms with Gasteiger partial charge in [0, 0.05) is 17.8 Å². The largest absolute Gasteiger partial charge is 0.352 e. The topological polar surface area (TPSA) is 62.0 Å². The zero-order chi connectivity index (χ0) is 14.8. The molecule has 4 nitrogen and oxygen atoms in total. The zero-order valence-electron chi connectivity index (χ0n) is 10.9. The second-order valence-electron chi connectivity index (χ2n) is 4.50. The first kappa shape index (κ1) is 13.9. The molecular weight excluding hydrogens is 308 g/mol. The van der Waals surface area contributed by atoms with Crippen molar-refractivity contribution in [3.05, 3.63) is 68.3 Å². The molecule has 6 heteroatoms. The summed E-state index contributed by atoms with van der Waals surface area (Å²) in [5, 5.41) is 5.74. The summed E-state index contributed by atoms with van der Waals surface area (Å²) in [7, 11) is 0. The van der Waals surface area contributed by atoms with E-state index in [1.807, 2.05) is 17.5 Å². The van der Waals surface area contributed by atoms with Crippen LogP contribution in [0.1, 0.15) is 15.9 Å². The molecule has 21 heavy (non-hydrogen) atoms. The molecular formula is C15H11ClN2O2S. The first-order chi connectivity index (χ1) is 10.1. The number of pyridine rings is 1. The van der Waals surface area contributed by atoms with E-state index in [1.54, 1.807) is 18.2 Å². The van der Waals surface area contributed by atoms with Crippen molar-refractivity contribution in [2.75, 3.05) is 0 Å². The Balaban J connectivity index is 1.79. The highest BCUT2D eigenvalue weighted by Gasteiger charge is 2.13. The number of hydrogen-bond donors (Lipinski definition) is 2. The number of thiophene rings is 1. The Hall–Kier alpha value is -2.11. The average molecular weight is 319 g/mol. The summed E-state index contributed by atoms with van der Waals surface area (Å²) in [6.07, 6.45) is 1.46. The molecule has 0 radical (unpaired) electrons. The molecule has 0 aliphatic heterocycles. The van der Waals surface area contributed by atoms with E-state index in [0.29, 0.717) is 17.0 Å². The third kappa shape index (κ3) is 2.84. The lowest BCUT2D eigenvalue weighted by molar-refractivity contribution is 0.0949. The normalized spacial score (nSPS) is 10.7. The number of aromatic nitrogens is 1. The fourth-order valence-electron chi connectivity index (χ4n) is 2.00. The maximum atomic E-state index is 12.2. The van der Waals surface area contributed by atoms with Gasteiger partial charge >= 0.3 is 0 Å². The van der Waals surface area contributed by atoms with Gasteiger partial charge in [0.2, 0.25) is 5.43 Å². The molecule has 0 saturated carbocycles. The summed E-state index contributed by atoms with van der Waals surface area (Å²) in [5.74, 6) is -0.390. The average Bonchev–Trinajstić information content (AvgIpc) is 2.96. The predicted molar refractivity (Wildman–Crippen MR) is 85.1 cm³/mol. The monoisotopic (exact) mass is 318 g/mol. The quantitative estimate of drug-likeness (QED) is 0.779. The van der Waals surface area contributed by atoms with E-state index in [-0.39, 0.29) is 16.9 Å². The van der Waals surface area contributed by atoms with Crippen LogP contribution < -0.4 is 10.7 Å². The fraction of sp³-hybridized carbons (Fsp3) is 0.0667. The summed E-state index contributed by atoms with van der Waals surface area (Å²) in [6, 6.07) is 8.89. The van der Waals surface area contributed by atoms with Gasteiger partial charge in [0.15, 0.2) is 0 Å².